The fourth-order valence-electron chi connectivity index (χ4n) is 9.31. The predicted molar refractivity (Wildman–Crippen MR) is 178 cm³/mol. The zero-order valence-corrected chi connectivity index (χ0v) is 30.7. The molecular weight excluding hydrogens is 652 g/mol. The molecule has 282 valence electrons. The maximum Gasteiger partial charge on any atom is 0.303 e. The molecule has 3 aliphatic carbocycles. The molecule has 1 aliphatic heterocycles. The third kappa shape index (κ3) is 7.73. The smallest absolute Gasteiger partial charge is 0.303 e. The molecule has 13 nitrogen and oxygen atoms in total. The summed E-state index contributed by atoms with van der Waals surface area (Å²) in [5.41, 5.74) is 0.582. The van der Waals surface area contributed by atoms with Crippen LogP contribution in [0.5, 0.6) is 0 Å². The van der Waals surface area contributed by atoms with Crippen LogP contribution in [0, 0.1) is 34.5 Å². The Bertz CT molecular complexity index is 1370. The van der Waals surface area contributed by atoms with Crippen LogP contribution in [0.1, 0.15) is 88.0 Å². The van der Waals surface area contributed by atoms with Gasteiger partial charge in [0.2, 0.25) is 0 Å². The lowest BCUT2D eigenvalue weighted by Crippen LogP contribution is -2.62. The van der Waals surface area contributed by atoms with E-state index in [2.05, 4.69) is 6.58 Å². The molecule has 0 unspecified atom stereocenters. The number of ether oxygens (including phenoxy) is 5. The zero-order chi connectivity index (χ0) is 37.6. The normalized spacial score (nSPS) is 39.6. The molecule has 0 aromatic rings. The van der Waals surface area contributed by atoms with Gasteiger partial charge >= 0.3 is 17.9 Å². The molecule has 0 amide bonds. The first-order chi connectivity index (χ1) is 23.1. The van der Waals surface area contributed by atoms with Gasteiger partial charge < -0.3 is 44.1 Å². The van der Waals surface area contributed by atoms with Crippen LogP contribution in [0.4, 0.5) is 0 Å². The number of hydrogen-bond acceptors (Lipinski definition) is 13. The monoisotopic (exact) mass is 708 g/mol. The molecule has 14 atom stereocenters. The molecule has 2 bridgehead atoms. The van der Waals surface area contributed by atoms with Crippen molar-refractivity contribution in [3.8, 4) is 0 Å². The molecular formula is C37H56O13. The Balaban J connectivity index is 1.91. The molecule has 1 saturated heterocycles. The van der Waals surface area contributed by atoms with E-state index in [1.807, 2.05) is 27.7 Å². The lowest BCUT2D eigenvalue weighted by molar-refractivity contribution is -0.313. The Morgan fingerprint density at radius 1 is 0.940 bits per heavy atom. The van der Waals surface area contributed by atoms with Crippen molar-refractivity contribution in [1.82, 2.24) is 0 Å². The fraction of sp³-hybridized carbons (Fsp3) is 0.784. The van der Waals surface area contributed by atoms with Gasteiger partial charge in [0.15, 0.2) is 6.29 Å². The Morgan fingerprint density at radius 2 is 1.56 bits per heavy atom. The quantitative estimate of drug-likeness (QED) is 0.155. The van der Waals surface area contributed by atoms with Crippen LogP contribution in [0.3, 0.4) is 0 Å². The van der Waals surface area contributed by atoms with Crippen molar-refractivity contribution in [1.29, 1.82) is 0 Å². The van der Waals surface area contributed by atoms with E-state index >= 15 is 0 Å². The number of allylic oxidation sites excluding steroid dienone is 1. The van der Waals surface area contributed by atoms with Gasteiger partial charge in [0.05, 0.1) is 12.2 Å². The summed E-state index contributed by atoms with van der Waals surface area (Å²) in [6, 6.07) is 0. The van der Waals surface area contributed by atoms with Crippen LogP contribution < -0.4 is 0 Å². The maximum absolute atomic E-state index is 14.3. The Labute approximate surface area is 294 Å². The lowest BCUT2D eigenvalue weighted by Gasteiger charge is -2.59. The summed E-state index contributed by atoms with van der Waals surface area (Å²) in [5.74, 6) is -4.49. The average Bonchev–Trinajstić information content (AvgIpc) is 2.99. The van der Waals surface area contributed by atoms with E-state index in [1.54, 1.807) is 13.8 Å². The molecule has 13 heteroatoms. The maximum atomic E-state index is 14.3. The number of carbonyl (C=O) groups is 4. The Hall–Kier alpha value is -2.68. The first-order valence-corrected chi connectivity index (χ1v) is 17.6. The Morgan fingerprint density at radius 3 is 2.12 bits per heavy atom. The summed E-state index contributed by atoms with van der Waals surface area (Å²) >= 11 is 0. The molecule has 2 saturated carbocycles. The van der Waals surface area contributed by atoms with Gasteiger partial charge in [0.25, 0.3) is 0 Å². The molecule has 0 aromatic carbocycles. The number of hydrogen-bond donors (Lipinski definition) is 4. The third-order valence-corrected chi connectivity index (χ3v) is 11.7. The second-order valence-corrected chi connectivity index (χ2v) is 15.7. The highest BCUT2D eigenvalue weighted by molar-refractivity contribution is 5.85. The van der Waals surface area contributed by atoms with E-state index in [1.165, 1.54) is 20.8 Å². The van der Waals surface area contributed by atoms with Crippen molar-refractivity contribution in [3.05, 3.63) is 23.3 Å². The van der Waals surface area contributed by atoms with Gasteiger partial charge in [-0.2, -0.15) is 0 Å². The summed E-state index contributed by atoms with van der Waals surface area (Å²) in [7, 11) is 0. The topological polar surface area (TPSA) is 195 Å². The fourth-order valence-corrected chi connectivity index (χ4v) is 9.31. The standard InChI is InChI=1S/C37H56O13/c1-16-13-23(30(42)17(2)19(4)38)29-34(48-22(7)41)28-18(3)24(47-21(6)40)11-12-37(28,10)14-25(27(16)36(29,8)9)49-35-33(45)32(44)31(43)26(50-35)15-46-20(5)39/h17,19,23-26,28-29,31-35,38,43-45H,3,11-15H2,1-2,4-10H3/t17-,19+,23+,24+,25+,26-,28+,29+,31-,32+,33-,34+,35-,37+/m1/s1. The van der Waals surface area contributed by atoms with Crippen molar-refractivity contribution in [2.24, 2.45) is 34.5 Å². The van der Waals surface area contributed by atoms with Gasteiger partial charge in [0, 0.05) is 44.4 Å². The molecule has 4 aliphatic rings. The van der Waals surface area contributed by atoms with Crippen molar-refractivity contribution in [2.75, 3.05) is 6.61 Å². The van der Waals surface area contributed by atoms with Gasteiger partial charge in [-0.25, -0.2) is 0 Å². The number of Topliss-reactive ketones (excluding diaryl/α,β-unsaturated/α-hetero) is 1. The van der Waals surface area contributed by atoms with Crippen LogP contribution in [-0.2, 0) is 42.9 Å². The molecule has 50 heavy (non-hydrogen) atoms. The number of esters is 3. The van der Waals surface area contributed by atoms with E-state index in [0.717, 1.165) is 11.1 Å². The minimum absolute atomic E-state index is 0.178. The molecule has 0 spiro atoms. The minimum Gasteiger partial charge on any atom is -0.463 e. The number of aliphatic hydroxyl groups is 4. The van der Waals surface area contributed by atoms with Gasteiger partial charge in [-0.05, 0) is 61.5 Å². The van der Waals surface area contributed by atoms with Gasteiger partial charge in [-0.15, -0.1) is 0 Å². The number of aliphatic hydroxyl groups excluding tert-OH is 4. The van der Waals surface area contributed by atoms with Crippen molar-refractivity contribution < 1.29 is 63.3 Å². The summed E-state index contributed by atoms with van der Waals surface area (Å²) < 4.78 is 29.7. The molecule has 4 N–H and O–H groups in total. The van der Waals surface area contributed by atoms with Gasteiger partial charge in [0.1, 0.15) is 49.0 Å². The summed E-state index contributed by atoms with van der Waals surface area (Å²) in [6.45, 7) is 18.9. The first-order valence-electron chi connectivity index (χ1n) is 17.6. The van der Waals surface area contributed by atoms with Crippen molar-refractivity contribution in [3.63, 3.8) is 0 Å². The largest absolute Gasteiger partial charge is 0.463 e. The van der Waals surface area contributed by atoms with E-state index < -0.39 is 108 Å². The van der Waals surface area contributed by atoms with E-state index in [0.29, 0.717) is 24.8 Å². The van der Waals surface area contributed by atoms with Gasteiger partial charge in [-0.3, -0.25) is 19.2 Å². The first kappa shape index (κ1) is 40.1. The predicted octanol–water partition coefficient (Wildman–Crippen LogP) is 2.55. The average molecular weight is 709 g/mol. The number of carbonyl (C=O) groups excluding carboxylic acids is 4. The SMILES string of the molecule is C=C1[C@@H](OC(C)=O)CC[C@@]2(C)C[C@H](O[C@@H]3O[C@H](COC(C)=O)[C@@H](O)[C@H](O)[C@H]3O)C3=C(C)C[C@H](C(=O)[C@H](C)[C@H](C)O)[C@@H]([C@@H](OC(C)=O)[C@H]12)C3(C)C. The van der Waals surface area contributed by atoms with Crippen molar-refractivity contribution >= 4 is 23.7 Å². The zero-order valence-electron chi connectivity index (χ0n) is 30.7. The molecule has 3 fully saturated rings. The molecule has 4 rings (SSSR count). The van der Waals surface area contributed by atoms with Crippen LogP contribution in [0.2, 0.25) is 0 Å². The van der Waals surface area contributed by atoms with E-state index in [9.17, 15) is 39.6 Å². The molecule has 0 aromatic heterocycles. The second-order valence-electron chi connectivity index (χ2n) is 15.7. The van der Waals surface area contributed by atoms with Gasteiger partial charge in [-0.1, -0.05) is 39.8 Å². The van der Waals surface area contributed by atoms with Crippen LogP contribution in [0.15, 0.2) is 23.3 Å². The second kappa shape index (κ2) is 15.1. The van der Waals surface area contributed by atoms with Crippen LogP contribution in [-0.4, -0.2) is 106 Å². The summed E-state index contributed by atoms with van der Waals surface area (Å²) in [4.78, 5) is 51.0. The van der Waals surface area contributed by atoms with Crippen LogP contribution in [0.25, 0.3) is 0 Å². The number of rotatable bonds is 9. The van der Waals surface area contributed by atoms with Crippen LogP contribution >= 0.6 is 0 Å². The lowest BCUT2D eigenvalue weighted by atomic mass is 9.48. The van der Waals surface area contributed by atoms with E-state index in [-0.39, 0.29) is 18.8 Å². The van der Waals surface area contributed by atoms with E-state index in [4.69, 9.17) is 23.7 Å². The highest BCUT2D eigenvalue weighted by atomic mass is 16.7. The highest BCUT2D eigenvalue weighted by Gasteiger charge is 2.62. The number of fused-ring (bicyclic) bond motifs is 3. The van der Waals surface area contributed by atoms with Crippen molar-refractivity contribution in [2.45, 2.75) is 143 Å². The Kier molecular flexibility index (Phi) is 12.1. The molecule has 0 radical (unpaired) electrons. The highest BCUT2D eigenvalue weighted by Crippen LogP contribution is 2.62. The summed E-state index contributed by atoms with van der Waals surface area (Å²) in [5, 5.41) is 43.1. The molecule has 1 heterocycles. The number of ketones is 1. The summed E-state index contributed by atoms with van der Waals surface area (Å²) in [6.07, 6.45) is -9.32. The minimum atomic E-state index is -1.68. The third-order valence-electron chi connectivity index (χ3n) is 11.7.